The smallest absolute Gasteiger partial charge is 0.0468 e. The van der Waals surface area contributed by atoms with E-state index in [0.717, 1.165) is 13.0 Å². The number of nitrogens with zero attached hydrogens (tertiary/aromatic N) is 1. The third kappa shape index (κ3) is 4.31. The van der Waals surface area contributed by atoms with Crippen molar-refractivity contribution in [2.24, 2.45) is 5.92 Å². The molecule has 18 heavy (non-hydrogen) atoms. The van der Waals surface area contributed by atoms with Crippen LogP contribution in [0.25, 0.3) is 0 Å². The van der Waals surface area contributed by atoms with E-state index in [1.54, 1.807) is 0 Å². The Hall–Kier alpha value is -1.06. The third-order valence-electron chi connectivity index (χ3n) is 3.24. The maximum absolute atomic E-state index is 9.04. The molecule has 1 aromatic rings. The Bertz CT molecular complexity index is 335. The van der Waals surface area contributed by atoms with Crippen molar-refractivity contribution >= 4 is 5.69 Å². The van der Waals surface area contributed by atoms with Gasteiger partial charge in [-0.2, -0.15) is 0 Å². The van der Waals surface area contributed by atoms with Crippen LogP contribution in [0.15, 0.2) is 24.3 Å². The molecule has 0 spiro atoms. The van der Waals surface area contributed by atoms with Crippen LogP contribution in [0, 0.1) is 5.92 Å². The van der Waals surface area contributed by atoms with E-state index in [1.807, 2.05) is 14.1 Å². The van der Waals surface area contributed by atoms with Crippen molar-refractivity contribution in [1.82, 2.24) is 5.32 Å². The highest BCUT2D eigenvalue weighted by Crippen LogP contribution is 2.20. The van der Waals surface area contributed by atoms with Crippen LogP contribution in [0.3, 0.4) is 0 Å². The van der Waals surface area contributed by atoms with Gasteiger partial charge >= 0.3 is 0 Å². The van der Waals surface area contributed by atoms with Gasteiger partial charge in [0.25, 0.3) is 0 Å². The standard InChI is InChI=1S/C15H26N2O/c1-5-15(16-10-12(2)11-18)13-6-8-14(9-7-13)17(3)4/h6-9,12,15-16,18H,5,10-11H2,1-4H3. The van der Waals surface area contributed by atoms with Crippen LogP contribution >= 0.6 is 0 Å². The second kappa shape index (κ2) is 7.39. The van der Waals surface area contributed by atoms with E-state index in [9.17, 15) is 0 Å². The molecule has 0 saturated heterocycles. The highest BCUT2D eigenvalue weighted by Gasteiger charge is 2.10. The number of aliphatic hydroxyl groups excluding tert-OH is 1. The molecule has 0 saturated carbocycles. The second-order valence-corrected chi connectivity index (χ2v) is 5.14. The van der Waals surface area contributed by atoms with E-state index in [1.165, 1.54) is 11.3 Å². The van der Waals surface area contributed by atoms with E-state index in [2.05, 4.69) is 48.3 Å². The SMILES string of the molecule is CCC(NCC(C)CO)c1ccc(N(C)C)cc1. The first-order valence-corrected chi connectivity index (χ1v) is 6.70. The average molecular weight is 250 g/mol. The quantitative estimate of drug-likeness (QED) is 0.780. The normalized spacial score (nSPS) is 14.3. The maximum Gasteiger partial charge on any atom is 0.0468 e. The molecule has 0 aliphatic carbocycles. The molecule has 2 N–H and O–H groups in total. The van der Waals surface area contributed by atoms with Crippen LogP contribution in [-0.2, 0) is 0 Å². The van der Waals surface area contributed by atoms with Crippen molar-refractivity contribution in [3.05, 3.63) is 29.8 Å². The van der Waals surface area contributed by atoms with E-state index in [4.69, 9.17) is 5.11 Å². The lowest BCUT2D eigenvalue weighted by molar-refractivity contribution is 0.229. The summed E-state index contributed by atoms with van der Waals surface area (Å²) in [6, 6.07) is 9.03. The van der Waals surface area contributed by atoms with Crippen molar-refractivity contribution in [2.45, 2.75) is 26.3 Å². The molecule has 0 aliphatic rings. The Morgan fingerprint density at radius 3 is 2.28 bits per heavy atom. The molecule has 0 heterocycles. The first-order chi connectivity index (χ1) is 8.58. The topological polar surface area (TPSA) is 35.5 Å². The fraction of sp³-hybridized carbons (Fsp3) is 0.600. The summed E-state index contributed by atoms with van der Waals surface area (Å²) >= 11 is 0. The number of nitrogens with one attached hydrogen (secondary N) is 1. The molecule has 0 bridgehead atoms. The Labute approximate surface area is 111 Å². The zero-order valence-electron chi connectivity index (χ0n) is 12.0. The number of hydrogen-bond acceptors (Lipinski definition) is 3. The van der Waals surface area contributed by atoms with Gasteiger partial charge < -0.3 is 15.3 Å². The Balaban J connectivity index is 2.64. The van der Waals surface area contributed by atoms with Crippen molar-refractivity contribution in [1.29, 1.82) is 0 Å². The van der Waals surface area contributed by atoms with E-state index in [-0.39, 0.29) is 6.61 Å². The average Bonchev–Trinajstić information content (AvgIpc) is 2.39. The first kappa shape index (κ1) is 15.0. The first-order valence-electron chi connectivity index (χ1n) is 6.70. The fourth-order valence-electron chi connectivity index (χ4n) is 1.91. The summed E-state index contributed by atoms with van der Waals surface area (Å²) < 4.78 is 0. The van der Waals surface area contributed by atoms with Gasteiger partial charge in [0.1, 0.15) is 0 Å². The summed E-state index contributed by atoms with van der Waals surface area (Å²) in [6.07, 6.45) is 1.06. The number of benzene rings is 1. The van der Waals surface area contributed by atoms with Crippen LogP contribution in [0.1, 0.15) is 31.9 Å². The van der Waals surface area contributed by atoms with Gasteiger partial charge in [0.2, 0.25) is 0 Å². The number of aliphatic hydroxyl groups is 1. The lowest BCUT2D eigenvalue weighted by Gasteiger charge is -2.21. The predicted octanol–water partition coefficient (Wildman–Crippen LogP) is 2.42. The van der Waals surface area contributed by atoms with Gasteiger partial charge in [-0.05, 0) is 30.0 Å². The van der Waals surface area contributed by atoms with Gasteiger partial charge in [0, 0.05) is 39.0 Å². The van der Waals surface area contributed by atoms with Gasteiger partial charge in [-0.3, -0.25) is 0 Å². The molecular formula is C15H26N2O. The summed E-state index contributed by atoms with van der Waals surface area (Å²) in [4.78, 5) is 2.10. The molecule has 0 fully saturated rings. The zero-order valence-corrected chi connectivity index (χ0v) is 12.0. The third-order valence-corrected chi connectivity index (χ3v) is 3.24. The van der Waals surface area contributed by atoms with Crippen LogP contribution in [0.5, 0.6) is 0 Å². The van der Waals surface area contributed by atoms with Gasteiger partial charge in [0.05, 0.1) is 0 Å². The van der Waals surface area contributed by atoms with E-state index < -0.39 is 0 Å². The molecular weight excluding hydrogens is 224 g/mol. The summed E-state index contributed by atoms with van der Waals surface area (Å²) in [5.41, 5.74) is 2.53. The molecule has 0 amide bonds. The predicted molar refractivity (Wildman–Crippen MR) is 78.1 cm³/mol. The monoisotopic (exact) mass is 250 g/mol. The molecule has 2 atom stereocenters. The lowest BCUT2D eigenvalue weighted by Crippen LogP contribution is -2.27. The van der Waals surface area contributed by atoms with Crippen LogP contribution in [-0.4, -0.2) is 32.4 Å². The summed E-state index contributed by atoms with van der Waals surface area (Å²) in [5, 5.41) is 12.6. The minimum atomic E-state index is 0.239. The molecule has 3 nitrogen and oxygen atoms in total. The highest BCUT2D eigenvalue weighted by atomic mass is 16.3. The number of rotatable bonds is 7. The summed E-state index contributed by atoms with van der Waals surface area (Å²) in [6.45, 7) is 5.32. The molecule has 0 radical (unpaired) electrons. The van der Waals surface area contributed by atoms with Crippen molar-refractivity contribution < 1.29 is 5.11 Å². The van der Waals surface area contributed by atoms with Crippen molar-refractivity contribution in [2.75, 3.05) is 32.1 Å². The maximum atomic E-state index is 9.04. The summed E-state index contributed by atoms with van der Waals surface area (Å²) in [7, 11) is 4.10. The second-order valence-electron chi connectivity index (χ2n) is 5.14. The molecule has 102 valence electrons. The van der Waals surface area contributed by atoms with Gasteiger partial charge in [-0.1, -0.05) is 26.0 Å². The molecule has 3 heteroatoms. The van der Waals surface area contributed by atoms with E-state index >= 15 is 0 Å². The Kier molecular flexibility index (Phi) is 6.16. The molecule has 2 unspecified atom stereocenters. The van der Waals surface area contributed by atoms with Crippen LogP contribution < -0.4 is 10.2 Å². The van der Waals surface area contributed by atoms with E-state index in [0.29, 0.717) is 12.0 Å². The van der Waals surface area contributed by atoms with Crippen molar-refractivity contribution in [3.8, 4) is 0 Å². The zero-order chi connectivity index (χ0) is 13.5. The minimum absolute atomic E-state index is 0.239. The van der Waals surface area contributed by atoms with Gasteiger partial charge in [-0.15, -0.1) is 0 Å². The van der Waals surface area contributed by atoms with Gasteiger partial charge in [0.15, 0.2) is 0 Å². The minimum Gasteiger partial charge on any atom is -0.396 e. The lowest BCUT2D eigenvalue weighted by atomic mass is 10.0. The largest absolute Gasteiger partial charge is 0.396 e. The highest BCUT2D eigenvalue weighted by molar-refractivity contribution is 5.46. The Morgan fingerprint density at radius 2 is 1.83 bits per heavy atom. The summed E-state index contributed by atoms with van der Waals surface area (Å²) in [5.74, 6) is 0.306. The molecule has 1 rings (SSSR count). The Morgan fingerprint density at radius 1 is 1.22 bits per heavy atom. The van der Waals surface area contributed by atoms with Crippen LogP contribution in [0.4, 0.5) is 5.69 Å². The molecule has 0 aromatic heterocycles. The van der Waals surface area contributed by atoms with Crippen molar-refractivity contribution in [3.63, 3.8) is 0 Å². The van der Waals surface area contributed by atoms with Gasteiger partial charge in [-0.25, -0.2) is 0 Å². The van der Waals surface area contributed by atoms with Crippen LogP contribution in [0.2, 0.25) is 0 Å². The number of hydrogen-bond donors (Lipinski definition) is 2. The number of anilines is 1. The molecule has 0 aliphatic heterocycles. The fourth-order valence-corrected chi connectivity index (χ4v) is 1.91. The molecule has 1 aromatic carbocycles.